The van der Waals surface area contributed by atoms with Crippen molar-refractivity contribution in [2.45, 2.75) is 19.9 Å². The van der Waals surface area contributed by atoms with E-state index in [0.717, 1.165) is 0 Å². The van der Waals surface area contributed by atoms with Gasteiger partial charge in [0.25, 0.3) is 0 Å². The molecule has 0 aromatic rings. The van der Waals surface area contributed by atoms with E-state index >= 15 is 0 Å². The van der Waals surface area contributed by atoms with Crippen LogP contribution in [0.1, 0.15) is 13.8 Å². The molecule has 0 atom stereocenters. The fourth-order valence-corrected chi connectivity index (χ4v) is 0.316. The normalized spacial score (nSPS) is 10.2. The Morgan fingerprint density at radius 1 is 1.50 bits per heavy atom. The van der Waals surface area contributed by atoms with Gasteiger partial charge in [-0.2, -0.15) is 0 Å². The number of hydrogen-bond donors (Lipinski definition) is 1. The molecule has 0 aliphatic heterocycles. The van der Waals surface area contributed by atoms with Gasteiger partial charge in [0.05, 0.1) is 0 Å². The topological polar surface area (TPSA) is 12.0 Å². The molecule has 2 heteroatoms. The molecule has 1 N–H and O–H groups in total. The molecule has 0 radical (unpaired) electrons. The molecule has 0 aromatic heterocycles. The van der Waals surface area contributed by atoms with E-state index in [2.05, 4.69) is 26.7 Å². The Kier molecular flexibility index (Phi) is 4.33. The first-order chi connectivity index (χ1) is 3.77. The van der Waals surface area contributed by atoms with Crippen molar-refractivity contribution in [3.63, 3.8) is 0 Å². The Morgan fingerprint density at radius 3 is 2.50 bits per heavy atom. The van der Waals surface area contributed by atoms with Crippen molar-refractivity contribution >= 4 is 13.5 Å². The SMILES string of the molecule is B=C/C=C\NC(C)C. The molecule has 0 aromatic carbocycles. The number of rotatable bonds is 3. The fraction of sp³-hybridized carbons (Fsp3) is 0.500. The zero-order valence-electron chi connectivity index (χ0n) is 5.52. The van der Waals surface area contributed by atoms with E-state index in [0.29, 0.717) is 6.04 Å². The molecule has 0 rings (SSSR count). The first-order valence-electron chi connectivity index (χ1n) is 2.81. The quantitative estimate of drug-likeness (QED) is 0.510. The number of nitrogens with one attached hydrogen (secondary N) is 1. The Bertz CT molecular complexity index is 86.5. The van der Waals surface area contributed by atoms with Gasteiger partial charge in [0.1, 0.15) is 0 Å². The van der Waals surface area contributed by atoms with Crippen LogP contribution >= 0.6 is 0 Å². The standard InChI is InChI=1S/C6H12BN/c1-6(2)8-5-3-4-7/h3-8H,1-2H3/b5-3-. The van der Waals surface area contributed by atoms with Crippen LogP contribution in [0.5, 0.6) is 0 Å². The van der Waals surface area contributed by atoms with Gasteiger partial charge in [-0.05, 0) is 0 Å². The molecule has 8 heavy (non-hydrogen) atoms. The van der Waals surface area contributed by atoms with Crippen molar-refractivity contribution in [1.29, 1.82) is 0 Å². The molecule has 44 valence electrons. The third kappa shape index (κ3) is 5.47. The molecule has 0 heterocycles. The summed E-state index contributed by atoms with van der Waals surface area (Å²) in [7, 11) is 3.53. The Balaban J connectivity index is 3.15. The predicted octanol–water partition coefficient (Wildman–Crippen LogP) is 0.201. The summed E-state index contributed by atoms with van der Waals surface area (Å²) in [6.07, 6.45) is 3.76. The third-order valence-electron chi connectivity index (χ3n) is 0.662. The van der Waals surface area contributed by atoms with Crippen molar-refractivity contribution in [2.24, 2.45) is 0 Å². The maximum absolute atomic E-state index is 3.53. The van der Waals surface area contributed by atoms with E-state index < -0.39 is 0 Å². The van der Waals surface area contributed by atoms with Gasteiger partial charge >= 0.3 is 50.9 Å². The second-order valence-electron chi connectivity index (χ2n) is 1.92. The molecule has 0 aliphatic rings. The molecule has 0 saturated heterocycles. The van der Waals surface area contributed by atoms with Crippen molar-refractivity contribution in [1.82, 2.24) is 5.32 Å². The van der Waals surface area contributed by atoms with E-state index in [4.69, 9.17) is 0 Å². The van der Waals surface area contributed by atoms with E-state index in [1.165, 1.54) is 0 Å². The van der Waals surface area contributed by atoms with Crippen LogP contribution in [0.2, 0.25) is 0 Å². The molecule has 1 nitrogen and oxygen atoms in total. The van der Waals surface area contributed by atoms with Gasteiger partial charge in [0.15, 0.2) is 0 Å². The molecule has 0 aliphatic carbocycles. The molecule has 0 saturated carbocycles. The van der Waals surface area contributed by atoms with Gasteiger partial charge in [0, 0.05) is 0 Å². The van der Waals surface area contributed by atoms with Crippen LogP contribution in [-0.2, 0) is 0 Å². The Labute approximate surface area is 51.9 Å². The van der Waals surface area contributed by atoms with Crippen LogP contribution in [0, 0.1) is 0 Å². The minimum absolute atomic E-state index is 0.520. The van der Waals surface area contributed by atoms with Crippen molar-refractivity contribution < 1.29 is 0 Å². The summed E-state index contributed by atoms with van der Waals surface area (Å²) in [6.45, 7) is 4.18. The van der Waals surface area contributed by atoms with Gasteiger partial charge in [-0.15, -0.1) is 0 Å². The van der Waals surface area contributed by atoms with Crippen LogP contribution in [0.4, 0.5) is 0 Å². The van der Waals surface area contributed by atoms with E-state index in [1.54, 1.807) is 5.97 Å². The molecule has 0 spiro atoms. The fourth-order valence-electron chi connectivity index (χ4n) is 0.316. The van der Waals surface area contributed by atoms with Crippen molar-refractivity contribution in [3.05, 3.63) is 12.3 Å². The van der Waals surface area contributed by atoms with Crippen LogP contribution in [0.15, 0.2) is 12.3 Å². The average molecular weight is 109 g/mol. The minimum atomic E-state index is 0.520. The summed E-state index contributed by atoms with van der Waals surface area (Å²) in [5, 5.41) is 3.09. The van der Waals surface area contributed by atoms with E-state index in [1.807, 2.05) is 12.3 Å². The molecule has 0 fully saturated rings. The van der Waals surface area contributed by atoms with Crippen LogP contribution in [-0.4, -0.2) is 19.5 Å². The van der Waals surface area contributed by atoms with Gasteiger partial charge in [0.2, 0.25) is 0 Å². The summed E-state index contributed by atoms with van der Waals surface area (Å²) in [5.41, 5.74) is 0. The van der Waals surface area contributed by atoms with Crippen LogP contribution in [0.25, 0.3) is 0 Å². The molecule has 0 amide bonds. The van der Waals surface area contributed by atoms with Crippen molar-refractivity contribution in [3.8, 4) is 0 Å². The average Bonchev–Trinajstić information content (AvgIpc) is 1.66. The number of allylic oxidation sites excluding steroid dienone is 1. The summed E-state index contributed by atoms with van der Waals surface area (Å²) >= 11 is 0. The first kappa shape index (κ1) is 7.47. The summed E-state index contributed by atoms with van der Waals surface area (Å²) < 4.78 is 0. The first-order valence-corrected chi connectivity index (χ1v) is 2.81. The van der Waals surface area contributed by atoms with Gasteiger partial charge < -0.3 is 0 Å². The molecular weight excluding hydrogens is 96.9 g/mol. The maximum atomic E-state index is 3.53. The van der Waals surface area contributed by atoms with Crippen LogP contribution < -0.4 is 5.32 Å². The third-order valence-corrected chi connectivity index (χ3v) is 0.662. The van der Waals surface area contributed by atoms with E-state index in [-0.39, 0.29) is 0 Å². The predicted molar refractivity (Wildman–Crippen MR) is 40.6 cm³/mol. The van der Waals surface area contributed by atoms with E-state index in [9.17, 15) is 0 Å². The summed E-state index contributed by atoms with van der Waals surface area (Å²) in [4.78, 5) is 0. The monoisotopic (exact) mass is 109 g/mol. The zero-order chi connectivity index (χ0) is 6.41. The number of hydrogen-bond acceptors (Lipinski definition) is 1. The zero-order valence-corrected chi connectivity index (χ0v) is 5.52. The van der Waals surface area contributed by atoms with Crippen LogP contribution in [0.3, 0.4) is 0 Å². The summed E-state index contributed by atoms with van der Waals surface area (Å²) in [5.74, 6) is 1.75. The van der Waals surface area contributed by atoms with Gasteiger partial charge in [-0.1, -0.05) is 0 Å². The second kappa shape index (κ2) is 4.63. The Hall–Kier alpha value is -0.525. The molecule has 0 bridgehead atoms. The second-order valence-corrected chi connectivity index (χ2v) is 1.92. The summed E-state index contributed by atoms with van der Waals surface area (Å²) in [6, 6.07) is 0.520. The molecular formula is C6H12BN. The molecule has 0 unspecified atom stereocenters. The van der Waals surface area contributed by atoms with Crippen molar-refractivity contribution in [2.75, 3.05) is 0 Å². The van der Waals surface area contributed by atoms with Gasteiger partial charge in [-0.3, -0.25) is 0 Å². The van der Waals surface area contributed by atoms with Gasteiger partial charge in [-0.25, -0.2) is 0 Å². The Morgan fingerprint density at radius 2 is 2.12 bits per heavy atom.